The van der Waals surface area contributed by atoms with E-state index in [1.165, 1.54) is 6.92 Å². The quantitative estimate of drug-likeness (QED) is 0.0729. The lowest BCUT2D eigenvalue weighted by molar-refractivity contribution is -0.375. The van der Waals surface area contributed by atoms with Crippen LogP contribution in [0.5, 0.6) is 0 Å². The van der Waals surface area contributed by atoms with E-state index in [4.69, 9.17) is 37.9 Å². The molecule has 3 saturated carbocycles. The number of fused-ring (bicyclic) bond motifs is 5. The van der Waals surface area contributed by atoms with Crippen LogP contribution in [0.25, 0.3) is 0 Å². The smallest absolute Gasteiger partial charge is 0.187 e. The SMILES string of the molecule is CC1OC(OCC2OC(O[C@H]3CC[C@@H]4C(=CC[C@@H]5[C@@]4(C)[C@H](O)C[C@]4(C)[C@@H]([C@H](C)CCC(OC6OC(CO)C(O)C(O)C6OC6OC(CO)C(O)C(O)C6O)C(C)(C)O)CC[C@@]54C)C3(C)C)C(O)C(O)C2O)C(O)C(O)C1O. The third-order valence-corrected chi connectivity index (χ3v) is 20.7. The summed E-state index contributed by atoms with van der Waals surface area (Å²) in [5, 5.41) is 162. The first-order chi connectivity index (χ1) is 35.9. The molecule has 0 spiro atoms. The second-order valence-electron chi connectivity index (χ2n) is 25.9. The Hall–Kier alpha value is -1.18. The summed E-state index contributed by atoms with van der Waals surface area (Å²) in [5.74, 6) is 0.288. The van der Waals surface area contributed by atoms with Crippen LogP contribution in [0.2, 0.25) is 0 Å². The van der Waals surface area contributed by atoms with Crippen LogP contribution in [-0.2, 0) is 37.9 Å². The molecule has 0 aromatic heterocycles. The Balaban J connectivity index is 0.941. The minimum Gasteiger partial charge on any atom is -0.394 e. The Morgan fingerprint density at radius 1 is 0.623 bits per heavy atom. The fourth-order valence-corrected chi connectivity index (χ4v) is 15.6. The van der Waals surface area contributed by atoms with E-state index < -0.39 is 177 Å². The van der Waals surface area contributed by atoms with Gasteiger partial charge in [-0.05, 0) is 107 Å². The minimum absolute atomic E-state index is 0.0156. The zero-order valence-corrected chi connectivity index (χ0v) is 45.9. The van der Waals surface area contributed by atoms with Gasteiger partial charge in [-0.3, -0.25) is 0 Å². The molecule has 0 amide bonds. The average molecular weight is 1110 g/mol. The molecule has 8 rings (SSSR count). The van der Waals surface area contributed by atoms with Crippen LogP contribution in [0.3, 0.4) is 0 Å². The van der Waals surface area contributed by atoms with Gasteiger partial charge in [0, 0.05) is 10.8 Å². The van der Waals surface area contributed by atoms with E-state index in [2.05, 4.69) is 47.6 Å². The third-order valence-electron chi connectivity index (χ3n) is 20.7. The Bertz CT molecular complexity index is 2010. The van der Waals surface area contributed by atoms with Crippen molar-refractivity contribution >= 4 is 0 Å². The van der Waals surface area contributed by atoms with Crippen molar-refractivity contribution < 1.29 is 114 Å². The lowest BCUT2D eigenvalue weighted by atomic mass is 9.38. The van der Waals surface area contributed by atoms with Crippen LogP contribution >= 0.6 is 0 Å². The number of allylic oxidation sites excluding steroid dienone is 1. The molecule has 4 saturated heterocycles. The van der Waals surface area contributed by atoms with Crippen LogP contribution in [0.15, 0.2) is 11.6 Å². The summed E-state index contributed by atoms with van der Waals surface area (Å²) in [6, 6.07) is 0. The van der Waals surface area contributed by atoms with E-state index in [9.17, 15) is 76.6 Å². The fraction of sp³-hybridized carbons (Fsp3) is 0.963. The molecule has 4 aliphatic carbocycles. The highest BCUT2D eigenvalue weighted by molar-refractivity contribution is 5.32. The average Bonchev–Trinajstić information content (AvgIpc) is 3.86. The van der Waals surface area contributed by atoms with E-state index >= 15 is 0 Å². The first-order valence-electron chi connectivity index (χ1n) is 27.9. The predicted molar refractivity (Wildman–Crippen MR) is 266 cm³/mol. The van der Waals surface area contributed by atoms with E-state index in [1.807, 2.05) is 0 Å². The first-order valence-corrected chi connectivity index (χ1v) is 27.9. The molecule has 0 aromatic carbocycles. The van der Waals surface area contributed by atoms with Gasteiger partial charge in [-0.15, -0.1) is 0 Å². The third kappa shape index (κ3) is 10.9. The zero-order chi connectivity index (χ0) is 56.8. The summed E-state index contributed by atoms with van der Waals surface area (Å²) in [6.45, 7) is 16.0. The van der Waals surface area contributed by atoms with Gasteiger partial charge >= 0.3 is 0 Å². The summed E-state index contributed by atoms with van der Waals surface area (Å²) in [6.07, 6.45) is -25.4. The van der Waals surface area contributed by atoms with Crippen molar-refractivity contribution in [1.29, 1.82) is 0 Å². The standard InChI is InChI=1S/C54H92O23/c1-22(10-14-33(51(5,6)69)76-49-45(41(65)36(60)28(20-56)73-49)77-48-44(68)39(63)35(59)27(19-55)72-48)24-16-17-52(7)30-13-11-25-26(54(30,9)31(57)18-53(24,52)8)12-15-32(50(25,3)4)75-47-43(67)40(64)37(61)29(74-47)21-70-46-42(66)38(62)34(58)23(2)71-46/h11,22-24,26-49,55-69H,10,12-21H2,1-9H3/t22-,23?,24-,26-,27?,28?,29?,30+,31-,32+,33?,34?,35?,36?,37?,38?,39?,40?,41?,42?,43?,44?,45?,46?,47?,48?,49?,52+,53-,54+/m1/s1. The van der Waals surface area contributed by atoms with Gasteiger partial charge in [0.2, 0.25) is 0 Å². The van der Waals surface area contributed by atoms with Gasteiger partial charge in [-0.25, -0.2) is 0 Å². The Morgan fingerprint density at radius 2 is 1.17 bits per heavy atom. The fourth-order valence-electron chi connectivity index (χ4n) is 15.6. The lowest BCUT2D eigenvalue weighted by Gasteiger charge is -2.67. The number of ether oxygens (including phenoxy) is 8. The molecule has 4 heterocycles. The van der Waals surface area contributed by atoms with Gasteiger partial charge in [-0.2, -0.15) is 0 Å². The summed E-state index contributed by atoms with van der Waals surface area (Å²) in [7, 11) is 0. The number of rotatable bonds is 16. The van der Waals surface area contributed by atoms with Gasteiger partial charge in [0.25, 0.3) is 0 Å². The van der Waals surface area contributed by atoms with Crippen molar-refractivity contribution in [2.75, 3.05) is 19.8 Å². The van der Waals surface area contributed by atoms with E-state index in [1.54, 1.807) is 13.8 Å². The topological polar surface area (TPSA) is 377 Å². The normalized spacial score (nSPS) is 51.9. The highest BCUT2D eigenvalue weighted by Crippen LogP contribution is 2.75. The molecule has 7 fully saturated rings. The second-order valence-corrected chi connectivity index (χ2v) is 25.9. The molecule has 15 N–H and O–H groups in total. The molecular formula is C54H92O23. The van der Waals surface area contributed by atoms with Gasteiger partial charge in [0.15, 0.2) is 25.2 Å². The van der Waals surface area contributed by atoms with Crippen LogP contribution < -0.4 is 0 Å². The molecule has 0 aromatic rings. The van der Waals surface area contributed by atoms with Gasteiger partial charge < -0.3 is 114 Å². The molecule has 77 heavy (non-hydrogen) atoms. The minimum atomic E-state index is -1.85. The summed E-state index contributed by atoms with van der Waals surface area (Å²) < 4.78 is 47.7. The molecular weight excluding hydrogens is 1020 g/mol. The van der Waals surface area contributed by atoms with Crippen LogP contribution in [0, 0.1) is 45.3 Å². The highest BCUT2D eigenvalue weighted by atomic mass is 16.8. The number of aliphatic hydroxyl groups excluding tert-OH is 14. The van der Waals surface area contributed by atoms with Gasteiger partial charge in [-0.1, -0.05) is 53.2 Å². The summed E-state index contributed by atoms with van der Waals surface area (Å²) in [5.41, 5.74) is -2.03. The second kappa shape index (κ2) is 23.1. The number of aliphatic hydroxyl groups is 15. The predicted octanol–water partition coefficient (Wildman–Crippen LogP) is -2.20. The monoisotopic (exact) mass is 1110 g/mol. The number of hydrogen-bond donors (Lipinski definition) is 15. The number of hydrogen-bond acceptors (Lipinski definition) is 23. The first kappa shape index (κ1) is 61.9. The Labute approximate surface area is 450 Å². The maximum atomic E-state index is 12.7. The summed E-state index contributed by atoms with van der Waals surface area (Å²) >= 11 is 0. The Morgan fingerprint density at radius 3 is 1.78 bits per heavy atom. The molecule has 21 unspecified atom stereocenters. The maximum Gasteiger partial charge on any atom is 0.187 e. The Kier molecular flexibility index (Phi) is 18.6. The molecule has 0 bridgehead atoms. The van der Waals surface area contributed by atoms with Gasteiger partial charge in [0.05, 0.1) is 49.8 Å². The van der Waals surface area contributed by atoms with Crippen LogP contribution in [-0.4, -0.2) is 243 Å². The molecule has 23 heteroatoms. The van der Waals surface area contributed by atoms with E-state index in [0.29, 0.717) is 32.1 Å². The lowest BCUT2D eigenvalue weighted by Crippen LogP contribution is -2.65. The zero-order valence-electron chi connectivity index (χ0n) is 45.9. The van der Waals surface area contributed by atoms with Crippen molar-refractivity contribution in [3.8, 4) is 0 Å². The van der Waals surface area contributed by atoms with Gasteiger partial charge in [0.1, 0.15) is 91.6 Å². The molecule has 4 aliphatic heterocycles. The highest BCUT2D eigenvalue weighted by Gasteiger charge is 2.70. The van der Waals surface area contributed by atoms with Crippen molar-refractivity contribution in [2.45, 2.75) is 260 Å². The largest absolute Gasteiger partial charge is 0.394 e. The molecule has 446 valence electrons. The molecule has 30 atom stereocenters. The van der Waals surface area contributed by atoms with E-state index in [-0.39, 0.29) is 40.9 Å². The van der Waals surface area contributed by atoms with Crippen LogP contribution in [0.1, 0.15) is 114 Å². The summed E-state index contributed by atoms with van der Waals surface area (Å²) in [4.78, 5) is 0. The molecule has 0 radical (unpaired) electrons. The van der Waals surface area contributed by atoms with Crippen molar-refractivity contribution in [2.24, 2.45) is 45.3 Å². The van der Waals surface area contributed by atoms with E-state index in [0.717, 1.165) is 18.4 Å². The van der Waals surface area contributed by atoms with Crippen molar-refractivity contribution in [3.63, 3.8) is 0 Å². The molecule has 23 nitrogen and oxygen atoms in total. The van der Waals surface area contributed by atoms with Crippen LogP contribution in [0.4, 0.5) is 0 Å². The maximum absolute atomic E-state index is 12.7. The molecule has 8 aliphatic rings. The van der Waals surface area contributed by atoms with Crippen molar-refractivity contribution in [3.05, 3.63) is 11.6 Å². The van der Waals surface area contributed by atoms with Crippen molar-refractivity contribution in [1.82, 2.24) is 0 Å².